The number of aliphatic hydroxyl groups is 1. The Morgan fingerprint density at radius 1 is 1.24 bits per heavy atom. The molecule has 0 atom stereocenters. The van der Waals surface area contributed by atoms with Gasteiger partial charge < -0.3 is 19.3 Å². The molecule has 1 aromatic carbocycles. The van der Waals surface area contributed by atoms with E-state index in [2.05, 4.69) is 0 Å². The van der Waals surface area contributed by atoms with Crippen LogP contribution >= 0.6 is 0 Å². The van der Waals surface area contributed by atoms with Gasteiger partial charge in [-0.3, -0.25) is 10.1 Å². The molecule has 94 valence electrons. The second-order valence-corrected chi connectivity index (χ2v) is 3.06. The van der Waals surface area contributed by atoms with E-state index in [-0.39, 0.29) is 28.5 Å². The predicted octanol–water partition coefficient (Wildman–Crippen LogP) is 1.11. The Hall–Kier alpha value is -2.02. The molecule has 0 aromatic heterocycles. The van der Waals surface area contributed by atoms with Crippen LogP contribution in [0.5, 0.6) is 17.2 Å². The van der Waals surface area contributed by atoms with Gasteiger partial charge in [-0.1, -0.05) is 0 Å². The normalized spacial score (nSPS) is 9.88. The lowest BCUT2D eigenvalue weighted by molar-refractivity contribution is -0.385. The summed E-state index contributed by atoms with van der Waals surface area (Å²) in [5, 5.41) is 20.1. The minimum Gasteiger partial charge on any atom is -0.493 e. The third kappa shape index (κ3) is 2.23. The number of nitro groups is 1. The molecule has 0 saturated heterocycles. The number of hydrogen-bond acceptors (Lipinski definition) is 6. The Labute approximate surface area is 97.7 Å². The fraction of sp³-hybridized carbons (Fsp3) is 0.400. The summed E-state index contributed by atoms with van der Waals surface area (Å²) in [4.78, 5) is 10.3. The molecule has 1 rings (SSSR count). The number of nitrogens with zero attached hydrogens (tertiary/aromatic N) is 1. The molecule has 0 aliphatic carbocycles. The standard InChI is InChI=1S/C10H13NO6/c1-15-8-4-7(11(13)14)9(16-2)6(5-12)10(8)17-3/h4,12H,5H2,1-3H3. The van der Waals surface area contributed by atoms with Crippen molar-refractivity contribution < 1.29 is 24.2 Å². The van der Waals surface area contributed by atoms with Crippen LogP contribution in [0.2, 0.25) is 0 Å². The van der Waals surface area contributed by atoms with Crippen LogP contribution < -0.4 is 14.2 Å². The molecule has 1 N–H and O–H groups in total. The zero-order valence-electron chi connectivity index (χ0n) is 9.72. The van der Waals surface area contributed by atoms with Crippen molar-refractivity contribution in [2.24, 2.45) is 0 Å². The molecule has 0 fully saturated rings. The number of ether oxygens (including phenoxy) is 3. The maximum absolute atomic E-state index is 10.9. The molecule has 0 unspecified atom stereocenters. The second kappa shape index (κ2) is 5.35. The van der Waals surface area contributed by atoms with Crippen LogP contribution in [0.1, 0.15) is 5.56 Å². The minimum atomic E-state index is -0.611. The van der Waals surface area contributed by atoms with Gasteiger partial charge in [-0.05, 0) is 0 Å². The van der Waals surface area contributed by atoms with Gasteiger partial charge in [-0.25, -0.2) is 0 Å². The van der Waals surface area contributed by atoms with Gasteiger partial charge in [0, 0.05) is 0 Å². The smallest absolute Gasteiger partial charge is 0.315 e. The van der Waals surface area contributed by atoms with Gasteiger partial charge in [-0.15, -0.1) is 0 Å². The molecule has 0 radical (unpaired) electrons. The number of rotatable bonds is 5. The average Bonchev–Trinajstić information content (AvgIpc) is 2.35. The molecule has 7 heteroatoms. The van der Waals surface area contributed by atoms with E-state index in [4.69, 9.17) is 14.2 Å². The zero-order chi connectivity index (χ0) is 13.0. The third-order valence-corrected chi connectivity index (χ3v) is 2.26. The summed E-state index contributed by atoms with van der Waals surface area (Å²) >= 11 is 0. The lowest BCUT2D eigenvalue weighted by atomic mass is 10.1. The number of methoxy groups -OCH3 is 3. The first-order chi connectivity index (χ1) is 8.10. The second-order valence-electron chi connectivity index (χ2n) is 3.06. The number of aliphatic hydroxyl groups excluding tert-OH is 1. The first-order valence-corrected chi connectivity index (χ1v) is 4.67. The molecule has 7 nitrogen and oxygen atoms in total. The van der Waals surface area contributed by atoms with Crippen molar-refractivity contribution >= 4 is 5.69 Å². The molecule has 0 saturated carbocycles. The molecule has 0 spiro atoms. The van der Waals surface area contributed by atoms with Crippen LogP contribution in [0.3, 0.4) is 0 Å². The number of hydrogen-bond donors (Lipinski definition) is 1. The molecule has 1 aromatic rings. The van der Waals surface area contributed by atoms with Crippen molar-refractivity contribution in [3.63, 3.8) is 0 Å². The van der Waals surface area contributed by atoms with Crippen molar-refractivity contribution in [2.45, 2.75) is 6.61 Å². The van der Waals surface area contributed by atoms with Gasteiger partial charge in [0.05, 0.1) is 44.5 Å². The Bertz CT molecular complexity index is 431. The third-order valence-electron chi connectivity index (χ3n) is 2.26. The van der Waals surface area contributed by atoms with Gasteiger partial charge in [0.25, 0.3) is 0 Å². The Kier molecular flexibility index (Phi) is 4.11. The topological polar surface area (TPSA) is 91.1 Å². The van der Waals surface area contributed by atoms with Crippen LogP contribution in [-0.2, 0) is 6.61 Å². The first-order valence-electron chi connectivity index (χ1n) is 4.67. The van der Waals surface area contributed by atoms with E-state index in [9.17, 15) is 15.2 Å². The summed E-state index contributed by atoms with van der Waals surface area (Å²) in [7, 11) is 4.02. The Morgan fingerprint density at radius 3 is 2.18 bits per heavy atom. The molecule has 0 aliphatic rings. The summed E-state index contributed by atoms with van der Waals surface area (Å²) < 4.78 is 15.0. The molecular formula is C10H13NO6. The summed E-state index contributed by atoms with van der Waals surface area (Å²) in [6.45, 7) is -0.454. The summed E-state index contributed by atoms with van der Waals surface area (Å²) in [5.74, 6) is 0.358. The molecule has 0 bridgehead atoms. The van der Waals surface area contributed by atoms with E-state index in [1.807, 2.05) is 0 Å². The van der Waals surface area contributed by atoms with Crippen LogP contribution in [-0.4, -0.2) is 31.4 Å². The van der Waals surface area contributed by atoms with Gasteiger partial charge in [0.1, 0.15) is 0 Å². The quantitative estimate of drug-likeness (QED) is 0.615. The lowest BCUT2D eigenvalue weighted by Gasteiger charge is -2.14. The predicted molar refractivity (Wildman–Crippen MR) is 58.7 cm³/mol. The van der Waals surface area contributed by atoms with Crippen molar-refractivity contribution in [1.82, 2.24) is 0 Å². The van der Waals surface area contributed by atoms with Crippen molar-refractivity contribution in [3.8, 4) is 17.2 Å². The molecule has 0 aliphatic heterocycles. The minimum absolute atomic E-state index is 0.0323. The van der Waals surface area contributed by atoms with Crippen LogP contribution in [0, 0.1) is 10.1 Å². The van der Waals surface area contributed by atoms with E-state index in [1.165, 1.54) is 27.4 Å². The highest BCUT2D eigenvalue weighted by Gasteiger charge is 2.26. The fourth-order valence-electron chi connectivity index (χ4n) is 1.54. The van der Waals surface area contributed by atoms with Crippen LogP contribution in [0.15, 0.2) is 6.07 Å². The molecule has 17 heavy (non-hydrogen) atoms. The largest absolute Gasteiger partial charge is 0.493 e. The highest BCUT2D eigenvalue weighted by molar-refractivity contribution is 5.64. The van der Waals surface area contributed by atoms with Gasteiger partial charge in [0.15, 0.2) is 11.5 Å². The zero-order valence-corrected chi connectivity index (χ0v) is 9.72. The van der Waals surface area contributed by atoms with Crippen molar-refractivity contribution in [3.05, 3.63) is 21.7 Å². The van der Waals surface area contributed by atoms with E-state index < -0.39 is 11.5 Å². The SMILES string of the molecule is COc1cc([N+](=O)[O-])c(OC)c(CO)c1OC. The molecular weight excluding hydrogens is 230 g/mol. The van der Waals surface area contributed by atoms with E-state index >= 15 is 0 Å². The maximum atomic E-state index is 10.9. The van der Waals surface area contributed by atoms with Gasteiger partial charge in [-0.2, -0.15) is 0 Å². The van der Waals surface area contributed by atoms with Crippen molar-refractivity contribution in [2.75, 3.05) is 21.3 Å². The Morgan fingerprint density at radius 2 is 1.82 bits per heavy atom. The molecule has 0 amide bonds. The first kappa shape index (κ1) is 13.0. The van der Waals surface area contributed by atoms with Crippen LogP contribution in [0.4, 0.5) is 5.69 Å². The maximum Gasteiger partial charge on any atom is 0.315 e. The van der Waals surface area contributed by atoms with E-state index in [0.29, 0.717) is 0 Å². The lowest BCUT2D eigenvalue weighted by Crippen LogP contribution is -2.03. The summed E-state index contributed by atoms with van der Waals surface area (Å²) in [6.07, 6.45) is 0. The van der Waals surface area contributed by atoms with Gasteiger partial charge in [0.2, 0.25) is 5.75 Å². The monoisotopic (exact) mass is 243 g/mol. The Balaban J connectivity index is 3.60. The van der Waals surface area contributed by atoms with E-state index in [1.54, 1.807) is 0 Å². The summed E-state index contributed by atoms with van der Waals surface area (Å²) in [5.41, 5.74) is -0.102. The highest BCUT2D eigenvalue weighted by Crippen LogP contribution is 2.43. The summed E-state index contributed by atoms with van der Waals surface area (Å²) in [6, 6.07) is 1.19. The number of benzene rings is 1. The highest BCUT2D eigenvalue weighted by atomic mass is 16.6. The molecule has 0 heterocycles. The number of nitro benzene ring substituents is 1. The fourth-order valence-corrected chi connectivity index (χ4v) is 1.54. The van der Waals surface area contributed by atoms with Crippen molar-refractivity contribution in [1.29, 1.82) is 0 Å². The van der Waals surface area contributed by atoms with Crippen LogP contribution in [0.25, 0.3) is 0 Å². The van der Waals surface area contributed by atoms with Gasteiger partial charge >= 0.3 is 5.69 Å². The van der Waals surface area contributed by atoms with E-state index in [0.717, 1.165) is 0 Å². The average molecular weight is 243 g/mol.